The van der Waals surface area contributed by atoms with Gasteiger partial charge in [-0.15, -0.1) is 0 Å². The molecule has 1 aliphatic heterocycles. The molecule has 13 heteroatoms. The number of morpholine rings is 1. The van der Waals surface area contributed by atoms with E-state index >= 15 is 0 Å². The molecule has 1 unspecified atom stereocenters. The van der Waals surface area contributed by atoms with Crippen LogP contribution < -0.4 is 5.32 Å². The lowest BCUT2D eigenvalue weighted by Gasteiger charge is -2.28. The van der Waals surface area contributed by atoms with Crippen LogP contribution >= 0.6 is 0 Å². The normalized spacial score (nSPS) is 16.7. The minimum absolute atomic E-state index is 0.179. The Morgan fingerprint density at radius 1 is 1.19 bits per heavy atom. The first-order valence-corrected chi connectivity index (χ1v) is 7.85. The van der Waals surface area contributed by atoms with Crippen molar-refractivity contribution in [2.45, 2.75) is 12.3 Å². The lowest BCUT2D eigenvalue weighted by Crippen LogP contribution is -2.42. The number of rotatable bonds is 7. The Morgan fingerprint density at radius 2 is 1.70 bits per heavy atom. The Morgan fingerprint density at radius 3 is 2.15 bits per heavy atom. The number of nitro groups is 2. The molecule has 150 valence electrons. The van der Waals surface area contributed by atoms with E-state index in [1.165, 1.54) is 0 Å². The average molecular weight is 394 g/mol. The predicted octanol–water partition coefficient (Wildman–Crippen LogP) is 1.63. The molecule has 2 N–H and O–H groups in total. The topological polar surface area (TPSA) is 131 Å². The van der Waals surface area contributed by atoms with Crippen LogP contribution in [0.1, 0.15) is 5.56 Å². The van der Waals surface area contributed by atoms with Crippen molar-refractivity contribution in [2.24, 2.45) is 0 Å². The molecular weight excluding hydrogens is 377 g/mol. The molecule has 1 aromatic carbocycles. The number of nitrogens with one attached hydrogen (secondary N) is 1. The van der Waals surface area contributed by atoms with Gasteiger partial charge < -0.3 is 15.2 Å². The molecule has 1 atom stereocenters. The molecule has 10 nitrogen and oxygen atoms in total. The molecule has 0 saturated carbocycles. The highest BCUT2D eigenvalue weighted by atomic mass is 19.4. The Hall–Kier alpha value is -2.51. The predicted molar refractivity (Wildman–Crippen MR) is 86.5 cm³/mol. The second-order valence-corrected chi connectivity index (χ2v) is 5.85. The fraction of sp³-hybridized carbons (Fsp3) is 0.571. The summed E-state index contributed by atoms with van der Waals surface area (Å²) in [5, 5.41) is 34.7. The van der Waals surface area contributed by atoms with E-state index in [1.54, 1.807) is 0 Å². The second-order valence-electron chi connectivity index (χ2n) is 5.85. The lowest BCUT2D eigenvalue weighted by atomic mass is 10.1. The zero-order valence-corrected chi connectivity index (χ0v) is 13.9. The van der Waals surface area contributed by atoms with Gasteiger partial charge in [0.1, 0.15) is 0 Å². The number of aliphatic hydroxyl groups excluding tert-OH is 1. The number of nitro benzene ring substituents is 2. The van der Waals surface area contributed by atoms with Crippen LogP contribution in [-0.2, 0) is 10.9 Å². The summed E-state index contributed by atoms with van der Waals surface area (Å²) >= 11 is 0. The molecule has 1 saturated heterocycles. The minimum atomic E-state index is -4.98. The van der Waals surface area contributed by atoms with Crippen molar-refractivity contribution in [1.82, 2.24) is 4.90 Å². The summed E-state index contributed by atoms with van der Waals surface area (Å²) in [7, 11) is 0. The van der Waals surface area contributed by atoms with Crippen molar-refractivity contribution >= 4 is 17.1 Å². The quantitative estimate of drug-likeness (QED) is 0.527. The molecule has 1 heterocycles. The van der Waals surface area contributed by atoms with Gasteiger partial charge in [0.15, 0.2) is 5.69 Å². The zero-order chi connectivity index (χ0) is 20.2. The molecule has 0 aromatic heterocycles. The average Bonchev–Trinajstić information content (AvgIpc) is 2.59. The Labute approximate surface area is 150 Å². The first-order valence-electron chi connectivity index (χ1n) is 7.85. The van der Waals surface area contributed by atoms with Crippen LogP contribution in [0.5, 0.6) is 0 Å². The summed E-state index contributed by atoms with van der Waals surface area (Å²) in [5.41, 5.74) is -4.36. The second kappa shape index (κ2) is 8.45. The third-order valence-corrected chi connectivity index (χ3v) is 3.90. The van der Waals surface area contributed by atoms with Gasteiger partial charge in [-0.1, -0.05) is 0 Å². The first-order chi connectivity index (χ1) is 12.6. The van der Waals surface area contributed by atoms with Gasteiger partial charge in [-0.25, -0.2) is 0 Å². The number of nitrogens with zero attached hydrogens (tertiary/aromatic N) is 3. The highest BCUT2D eigenvalue weighted by Gasteiger charge is 2.37. The molecule has 1 fully saturated rings. The number of hydrogen-bond acceptors (Lipinski definition) is 8. The van der Waals surface area contributed by atoms with Crippen LogP contribution in [0.25, 0.3) is 0 Å². The van der Waals surface area contributed by atoms with Gasteiger partial charge in [0.2, 0.25) is 0 Å². The number of ether oxygens (including phenoxy) is 1. The summed E-state index contributed by atoms with van der Waals surface area (Å²) < 4.78 is 43.7. The maximum absolute atomic E-state index is 12.9. The SMILES string of the molecule is O=[N+]([O-])c1cc(C(F)(F)F)cc([N+](=O)[O-])c1NCC(O)CN1CCOCC1. The molecule has 27 heavy (non-hydrogen) atoms. The van der Waals surface area contributed by atoms with Gasteiger partial charge in [-0.3, -0.25) is 25.1 Å². The summed E-state index contributed by atoms with van der Waals surface area (Å²) in [5.74, 6) is 0. The van der Waals surface area contributed by atoms with E-state index in [2.05, 4.69) is 5.32 Å². The van der Waals surface area contributed by atoms with Crippen LogP contribution in [0, 0.1) is 20.2 Å². The minimum Gasteiger partial charge on any atom is -0.390 e. The van der Waals surface area contributed by atoms with E-state index in [0.29, 0.717) is 26.3 Å². The van der Waals surface area contributed by atoms with Crippen molar-refractivity contribution in [3.8, 4) is 0 Å². The third-order valence-electron chi connectivity index (χ3n) is 3.90. The van der Waals surface area contributed by atoms with Gasteiger partial charge in [0.05, 0.1) is 34.7 Å². The van der Waals surface area contributed by atoms with Crippen LogP contribution in [0.3, 0.4) is 0 Å². The van der Waals surface area contributed by atoms with Gasteiger partial charge in [0, 0.05) is 38.3 Å². The fourth-order valence-electron chi connectivity index (χ4n) is 2.61. The highest BCUT2D eigenvalue weighted by molar-refractivity contribution is 5.75. The molecule has 1 aromatic rings. The number of benzene rings is 1. The van der Waals surface area contributed by atoms with Gasteiger partial charge in [-0.05, 0) is 0 Å². The number of anilines is 1. The molecular formula is C14H17F3N4O6. The van der Waals surface area contributed by atoms with Gasteiger partial charge in [0.25, 0.3) is 11.4 Å². The number of aliphatic hydroxyl groups is 1. The standard InChI is InChI=1S/C14H17F3N4O6/c15-14(16,17)9-5-11(20(23)24)13(12(6-9)21(25)26)18-7-10(22)8-19-1-3-27-4-2-19/h5-6,10,18,22H,1-4,7-8H2. The maximum atomic E-state index is 12.9. The van der Waals surface area contributed by atoms with Crippen LogP contribution in [-0.4, -0.2) is 65.3 Å². The van der Waals surface area contributed by atoms with Crippen molar-refractivity contribution < 1.29 is 32.9 Å². The largest absolute Gasteiger partial charge is 0.416 e. The molecule has 0 radical (unpaired) electrons. The maximum Gasteiger partial charge on any atom is 0.416 e. The summed E-state index contributed by atoms with van der Waals surface area (Å²) in [6.45, 7) is 1.96. The monoisotopic (exact) mass is 394 g/mol. The number of hydrogen-bond donors (Lipinski definition) is 2. The Balaban J connectivity index is 2.23. The summed E-state index contributed by atoms with van der Waals surface area (Å²) in [6.07, 6.45) is -6.03. The molecule has 1 aliphatic rings. The summed E-state index contributed by atoms with van der Waals surface area (Å²) in [6, 6.07) is 0.452. The molecule has 0 spiro atoms. The summed E-state index contributed by atoms with van der Waals surface area (Å²) in [4.78, 5) is 21.8. The number of β-amino-alcohol motifs (C(OH)–C–C–N with tert-alkyl or cyclic N) is 1. The van der Waals surface area contributed by atoms with E-state index in [1.807, 2.05) is 4.90 Å². The zero-order valence-electron chi connectivity index (χ0n) is 13.9. The molecule has 0 bridgehead atoms. The van der Waals surface area contributed by atoms with Crippen LogP contribution in [0.4, 0.5) is 30.2 Å². The van der Waals surface area contributed by atoms with Gasteiger partial charge in [-0.2, -0.15) is 13.2 Å². The van der Waals surface area contributed by atoms with E-state index in [-0.39, 0.29) is 25.2 Å². The van der Waals surface area contributed by atoms with E-state index in [4.69, 9.17) is 4.74 Å². The van der Waals surface area contributed by atoms with E-state index < -0.39 is 44.8 Å². The highest BCUT2D eigenvalue weighted by Crippen LogP contribution is 2.41. The van der Waals surface area contributed by atoms with Gasteiger partial charge >= 0.3 is 6.18 Å². The fourth-order valence-corrected chi connectivity index (χ4v) is 2.61. The Bertz CT molecular complexity index is 674. The van der Waals surface area contributed by atoms with Crippen LogP contribution in [0.15, 0.2) is 12.1 Å². The smallest absolute Gasteiger partial charge is 0.390 e. The first kappa shape index (κ1) is 20.8. The molecule has 2 rings (SSSR count). The van der Waals surface area contributed by atoms with Crippen LogP contribution in [0.2, 0.25) is 0 Å². The molecule has 0 aliphatic carbocycles. The van der Waals surface area contributed by atoms with E-state index in [0.717, 1.165) is 0 Å². The van der Waals surface area contributed by atoms with Crippen molar-refractivity contribution in [2.75, 3.05) is 44.7 Å². The van der Waals surface area contributed by atoms with Crippen molar-refractivity contribution in [3.05, 3.63) is 37.9 Å². The molecule has 0 amide bonds. The Kier molecular flexibility index (Phi) is 6.51. The van der Waals surface area contributed by atoms with Crippen molar-refractivity contribution in [1.29, 1.82) is 0 Å². The number of halogens is 3. The van der Waals surface area contributed by atoms with Crippen molar-refractivity contribution in [3.63, 3.8) is 0 Å². The van der Waals surface area contributed by atoms with E-state index in [9.17, 15) is 38.5 Å². The number of alkyl halides is 3. The third kappa shape index (κ3) is 5.48. The lowest BCUT2D eigenvalue weighted by molar-refractivity contribution is -0.392.